The van der Waals surface area contributed by atoms with E-state index in [9.17, 15) is 9.59 Å². The van der Waals surface area contributed by atoms with Gasteiger partial charge in [-0.1, -0.05) is 42.5 Å². The zero-order chi connectivity index (χ0) is 14.2. The first-order chi connectivity index (χ1) is 9.75. The van der Waals surface area contributed by atoms with Crippen molar-refractivity contribution in [1.29, 1.82) is 0 Å². The molecule has 1 aromatic rings. The van der Waals surface area contributed by atoms with Crippen LogP contribution in [0, 0.1) is 5.92 Å². The molecule has 2 rings (SSSR count). The van der Waals surface area contributed by atoms with Crippen molar-refractivity contribution in [2.45, 2.75) is 25.9 Å². The topological polar surface area (TPSA) is 55.4 Å². The van der Waals surface area contributed by atoms with Crippen LogP contribution in [0.1, 0.15) is 24.8 Å². The van der Waals surface area contributed by atoms with E-state index in [0.29, 0.717) is 0 Å². The minimum absolute atomic E-state index is 0.0121. The van der Waals surface area contributed by atoms with Gasteiger partial charge in [0.05, 0.1) is 0 Å². The summed E-state index contributed by atoms with van der Waals surface area (Å²) in [4.78, 5) is 23.4. The van der Waals surface area contributed by atoms with Crippen molar-refractivity contribution in [3.8, 4) is 0 Å². The molecule has 0 saturated heterocycles. The fourth-order valence-corrected chi connectivity index (χ4v) is 2.12. The minimum Gasteiger partial charge on any atom is -0.460 e. The van der Waals surface area contributed by atoms with Crippen LogP contribution < -0.4 is 5.32 Å². The number of rotatable bonds is 5. The standard InChI is InChI=1S/C16H19NO3/c18-15(20-12-13-7-3-1-4-8-13)11-17-16(19)14-9-5-2-6-10-14/h1-5,7-8,14H,6,9-12H2,(H,17,19). The maximum absolute atomic E-state index is 11.8. The first kappa shape index (κ1) is 14.3. The highest BCUT2D eigenvalue weighted by atomic mass is 16.5. The van der Waals surface area contributed by atoms with E-state index in [0.717, 1.165) is 24.8 Å². The summed E-state index contributed by atoms with van der Waals surface area (Å²) >= 11 is 0. The van der Waals surface area contributed by atoms with E-state index in [-0.39, 0.29) is 25.0 Å². The Labute approximate surface area is 118 Å². The molecule has 1 N–H and O–H groups in total. The van der Waals surface area contributed by atoms with E-state index in [2.05, 4.69) is 11.4 Å². The third-order valence-corrected chi connectivity index (χ3v) is 3.29. The number of nitrogens with one attached hydrogen (secondary N) is 1. The second-order valence-electron chi connectivity index (χ2n) is 4.85. The molecular weight excluding hydrogens is 254 g/mol. The summed E-state index contributed by atoms with van der Waals surface area (Å²) in [5.41, 5.74) is 0.935. The van der Waals surface area contributed by atoms with Gasteiger partial charge in [-0.3, -0.25) is 9.59 Å². The average molecular weight is 273 g/mol. The van der Waals surface area contributed by atoms with Crippen molar-refractivity contribution in [3.05, 3.63) is 48.0 Å². The summed E-state index contributed by atoms with van der Waals surface area (Å²) in [7, 11) is 0. The maximum Gasteiger partial charge on any atom is 0.325 e. The van der Waals surface area contributed by atoms with Gasteiger partial charge in [-0.15, -0.1) is 0 Å². The number of amides is 1. The number of hydrogen-bond donors (Lipinski definition) is 1. The lowest BCUT2D eigenvalue weighted by atomic mass is 9.94. The Morgan fingerprint density at radius 2 is 2.00 bits per heavy atom. The van der Waals surface area contributed by atoms with Crippen molar-refractivity contribution >= 4 is 11.9 Å². The van der Waals surface area contributed by atoms with Crippen LogP contribution in [0.3, 0.4) is 0 Å². The highest BCUT2D eigenvalue weighted by molar-refractivity contribution is 5.83. The molecule has 106 valence electrons. The van der Waals surface area contributed by atoms with Crippen molar-refractivity contribution in [1.82, 2.24) is 5.32 Å². The van der Waals surface area contributed by atoms with E-state index < -0.39 is 5.97 Å². The molecule has 1 aliphatic carbocycles. The molecule has 0 bridgehead atoms. The molecule has 4 nitrogen and oxygen atoms in total. The number of ether oxygens (including phenoxy) is 1. The molecule has 20 heavy (non-hydrogen) atoms. The lowest BCUT2D eigenvalue weighted by Crippen LogP contribution is -2.35. The summed E-state index contributed by atoms with van der Waals surface area (Å²) < 4.78 is 5.10. The summed E-state index contributed by atoms with van der Waals surface area (Å²) in [6, 6.07) is 9.47. The summed E-state index contributed by atoms with van der Waals surface area (Å²) in [6.45, 7) is 0.174. The zero-order valence-electron chi connectivity index (χ0n) is 11.4. The first-order valence-electron chi connectivity index (χ1n) is 6.88. The smallest absolute Gasteiger partial charge is 0.325 e. The van der Waals surface area contributed by atoms with Crippen LogP contribution in [-0.4, -0.2) is 18.4 Å². The SMILES string of the molecule is O=C(CNC(=O)C1CC=CCC1)OCc1ccccc1. The predicted molar refractivity (Wildman–Crippen MR) is 75.7 cm³/mol. The van der Waals surface area contributed by atoms with Crippen LogP contribution in [0.2, 0.25) is 0 Å². The van der Waals surface area contributed by atoms with Crippen molar-refractivity contribution in [2.24, 2.45) is 5.92 Å². The Balaban J connectivity index is 1.67. The molecule has 1 aromatic carbocycles. The Bertz CT molecular complexity index is 482. The maximum atomic E-state index is 11.8. The molecule has 4 heteroatoms. The summed E-state index contributed by atoms with van der Waals surface area (Å²) in [5, 5.41) is 2.64. The molecule has 1 unspecified atom stereocenters. The molecular formula is C16H19NO3. The predicted octanol–water partition coefficient (Wildman–Crippen LogP) is 2.20. The van der Waals surface area contributed by atoms with Crippen LogP contribution in [0.15, 0.2) is 42.5 Å². The quantitative estimate of drug-likeness (QED) is 0.661. The molecule has 0 aliphatic heterocycles. The normalized spacial score (nSPS) is 17.5. The van der Waals surface area contributed by atoms with E-state index >= 15 is 0 Å². The molecule has 0 aromatic heterocycles. The number of esters is 1. The molecule has 1 amide bonds. The van der Waals surface area contributed by atoms with Crippen LogP contribution in [-0.2, 0) is 20.9 Å². The van der Waals surface area contributed by atoms with Gasteiger partial charge in [0.15, 0.2) is 0 Å². The second kappa shape index (κ2) is 7.48. The Hall–Kier alpha value is -2.10. The third kappa shape index (κ3) is 4.53. The first-order valence-corrected chi connectivity index (χ1v) is 6.88. The van der Waals surface area contributed by atoms with Crippen LogP contribution in [0.25, 0.3) is 0 Å². The van der Waals surface area contributed by atoms with Gasteiger partial charge in [0.2, 0.25) is 5.91 Å². The lowest BCUT2D eigenvalue weighted by Gasteiger charge is -2.16. The van der Waals surface area contributed by atoms with Gasteiger partial charge in [-0.2, -0.15) is 0 Å². The highest BCUT2D eigenvalue weighted by Crippen LogP contribution is 2.17. The number of hydrogen-bond acceptors (Lipinski definition) is 3. The largest absolute Gasteiger partial charge is 0.460 e. The van der Waals surface area contributed by atoms with Gasteiger partial charge in [0.25, 0.3) is 0 Å². The van der Waals surface area contributed by atoms with Crippen LogP contribution >= 0.6 is 0 Å². The van der Waals surface area contributed by atoms with Gasteiger partial charge in [-0.05, 0) is 24.8 Å². The Morgan fingerprint density at radius 3 is 2.70 bits per heavy atom. The molecule has 0 fully saturated rings. The zero-order valence-corrected chi connectivity index (χ0v) is 11.4. The van der Waals surface area contributed by atoms with E-state index in [1.165, 1.54) is 0 Å². The van der Waals surface area contributed by atoms with Crippen molar-refractivity contribution in [2.75, 3.05) is 6.54 Å². The monoisotopic (exact) mass is 273 g/mol. The molecule has 0 radical (unpaired) electrons. The van der Waals surface area contributed by atoms with Gasteiger partial charge in [-0.25, -0.2) is 0 Å². The molecule has 1 aliphatic rings. The van der Waals surface area contributed by atoms with Crippen molar-refractivity contribution in [3.63, 3.8) is 0 Å². The van der Waals surface area contributed by atoms with Crippen LogP contribution in [0.4, 0.5) is 0 Å². The van der Waals surface area contributed by atoms with Crippen LogP contribution in [0.5, 0.6) is 0 Å². The molecule has 0 heterocycles. The Kier molecular flexibility index (Phi) is 5.35. The van der Waals surface area contributed by atoms with Gasteiger partial charge in [0.1, 0.15) is 13.2 Å². The number of carbonyl (C=O) groups is 2. The molecule has 1 atom stereocenters. The lowest BCUT2D eigenvalue weighted by molar-refractivity contribution is -0.145. The second-order valence-corrected chi connectivity index (χ2v) is 4.85. The number of benzene rings is 1. The van der Waals surface area contributed by atoms with Gasteiger partial charge in [0, 0.05) is 5.92 Å². The number of allylic oxidation sites excluding steroid dienone is 2. The summed E-state index contributed by atoms with van der Waals surface area (Å²) in [5.74, 6) is -0.485. The summed E-state index contributed by atoms with van der Waals surface area (Å²) in [6.07, 6.45) is 6.63. The Morgan fingerprint density at radius 1 is 1.20 bits per heavy atom. The molecule has 0 spiro atoms. The molecule has 0 saturated carbocycles. The van der Waals surface area contributed by atoms with Crippen molar-refractivity contribution < 1.29 is 14.3 Å². The fourth-order valence-electron chi connectivity index (χ4n) is 2.12. The average Bonchev–Trinajstić information content (AvgIpc) is 2.52. The van der Waals surface area contributed by atoms with E-state index in [1.807, 2.05) is 36.4 Å². The van der Waals surface area contributed by atoms with E-state index in [1.54, 1.807) is 0 Å². The number of carbonyl (C=O) groups excluding carboxylic acids is 2. The minimum atomic E-state index is -0.409. The van der Waals surface area contributed by atoms with Gasteiger partial charge >= 0.3 is 5.97 Å². The third-order valence-electron chi connectivity index (χ3n) is 3.29. The van der Waals surface area contributed by atoms with Gasteiger partial charge < -0.3 is 10.1 Å². The highest BCUT2D eigenvalue weighted by Gasteiger charge is 2.19. The fraction of sp³-hybridized carbons (Fsp3) is 0.375. The van der Waals surface area contributed by atoms with E-state index in [4.69, 9.17) is 4.74 Å².